The van der Waals surface area contributed by atoms with Gasteiger partial charge in [-0.1, -0.05) is 17.3 Å². The van der Waals surface area contributed by atoms with E-state index in [4.69, 9.17) is 14.3 Å². The molecule has 30 heavy (non-hydrogen) atoms. The minimum absolute atomic E-state index is 0.0418. The van der Waals surface area contributed by atoms with Gasteiger partial charge in [-0.3, -0.25) is 10.1 Å². The smallest absolute Gasteiger partial charge is 0.337 e. The fourth-order valence-electron chi connectivity index (χ4n) is 3.10. The zero-order valence-electron chi connectivity index (χ0n) is 17.3. The highest BCUT2D eigenvalue weighted by atomic mass is 16.6. The Labute approximate surface area is 173 Å². The van der Waals surface area contributed by atoms with E-state index in [1.807, 2.05) is 0 Å². The van der Waals surface area contributed by atoms with Crippen molar-refractivity contribution in [2.24, 2.45) is 5.16 Å². The van der Waals surface area contributed by atoms with Crippen LogP contribution < -0.4 is 5.32 Å². The van der Waals surface area contributed by atoms with Crippen LogP contribution in [-0.2, 0) is 23.9 Å². The first-order valence-corrected chi connectivity index (χ1v) is 9.03. The molecule has 1 unspecified atom stereocenters. The summed E-state index contributed by atoms with van der Waals surface area (Å²) in [7, 11) is 2.53. The molecule has 160 valence electrons. The molecular weight excluding hydrogens is 394 g/mol. The highest BCUT2D eigenvalue weighted by Gasteiger charge is 2.39. The Hall–Kier alpha value is -3.69. The predicted octanol–water partition coefficient (Wildman–Crippen LogP) is 2.57. The van der Waals surface area contributed by atoms with E-state index in [-0.39, 0.29) is 22.5 Å². The lowest BCUT2D eigenvalue weighted by atomic mass is 9.80. The summed E-state index contributed by atoms with van der Waals surface area (Å²) >= 11 is 0. The van der Waals surface area contributed by atoms with Crippen molar-refractivity contribution in [3.63, 3.8) is 0 Å². The van der Waals surface area contributed by atoms with Crippen LogP contribution in [-0.4, -0.2) is 43.4 Å². The third-order valence-corrected chi connectivity index (χ3v) is 4.26. The van der Waals surface area contributed by atoms with E-state index in [1.54, 1.807) is 26.8 Å². The number of carbonyl (C=O) groups is 2. The molecular formula is C20H23N3O7. The van der Waals surface area contributed by atoms with Crippen molar-refractivity contribution in [3.8, 4) is 0 Å². The van der Waals surface area contributed by atoms with E-state index in [9.17, 15) is 19.7 Å². The fraction of sp³-hybridized carbons (Fsp3) is 0.350. The number of non-ortho nitro benzene ring substituents is 1. The molecule has 0 radical (unpaired) electrons. The second-order valence-corrected chi connectivity index (χ2v) is 6.64. The summed E-state index contributed by atoms with van der Waals surface area (Å²) in [6.45, 7) is 5.02. The molecule has 0 amide bonds. The summed E-state index contributed by atoms with van der Waals surface area (Å²) in [5, 5.41) is 17.9. The van der Waals surface area contributed by atoms with Crippen LogP contribution >= 0.6 is 0 Å². The minimum Gasteiger partial charge on any atom is -0.466 e. The van der Waals surface area contributed by atoms with Crippen molar-refractivity contribution in [2.45, 2.75) is 32.8 Å². The number of nitro benzene ring substituents is 1. The van der Waals surface area contributed by atoms with Gasteiger partial charge in [0.15, 0.2) is 0 Å². The molecule has 0 fully saturated rings. The number of nitro groups is 1. The summed E-state index contributed by atoms with van der Waals surface area (Å²) in [4.78, 5) is 41.1. The van der Waals surface area contributed by atoms with Crippen LogP contribution in [0.1, 0.15) is 32.3 Å². The molecule has 10 nitrogen and oxygen atoms in total. The van der Waals surface area contributed by atoms with Gasteiger partial charge < -0.3 is 19.6 Å². The van der Waals surface area contributed by atoms with Crippen molar-refractivity contribution in [2.75, 3.05) is 14.2 Å². The molecule has 1 aromatic carbocycles. The van der Waals surface area contributed by atoms with E-state index in [0.29, 0.717) is 11.3 Å². The summed E-state index contributed by atoms with van der Waals surface area (Å²) in [6, 6.07) is 5.70. The average Bonchev–Trinajstić information content (AvgIpc) is 2.70. The Morgan fingerprint density at radius 2 is 1.93 bits per heavy atom. The number of benzene rings is 1. The molecule has 1 heterocycles. The number of oxime groups is 1. The van der Waals surface area contributed by atoms with Crippen LogP contribution in [0, 0.1) is 10.1 Å². The van der Waals surface area contributed by atoms with Crippen molar-refractivity contribution < 1.29 is 28.8 Å². The van der Waals surface area contributed by atoms with Gasteiger partial charge in [-0.05, 0) is 26.3 Å². The van der Waals surface area contributed by atoms with Gasteiger partial charge in [-0.15, -0.1) is 0 Å². The molecule has 1 N–H and O–H groups in total. The Kier molecular flexibility index (Phi) is 7.29. The molecule has 0 saturated heterocycles. The Bertz CT molecular complexity index is 947. The highest BCUT2D eigenvalue weighted by molar-refractivity contribution is 6.04. The van der Waals surface area contributed by atoms with Crippen LogP contribution in [0.25, 0.3) is 0 Å². The van der Waals surface area contributed by atoms with Crippen molar-refractivity contribution in [1.82, 2.24) is 5.32 Å². The minimum atomic E-state index is -0.983. The van der Waals surface area contributed by atoms with Gasteiger partial charge in [-0.2, -0.15) is 0 Å². The zero-order valence-corrected chi connectivity index (χ0v) is 17.3. The van der Waals surface area contributed by atoms with Gasteiger partial charge in [0.2, 0.25) is 0 Å². The third-order valence-electron chi connectivity index (χ3n) is 4.26. The Balaban J connectivity index is 2.78. The van der Waals surface area contributed by atoms with Gasteiger partial charge in [0.25, 0.3) is 5.69 Å². The predicted molar refractivity (Wildman–Crippen MR) is 107 cm³/mol. The number of rotatable bonds is 7. The average molecular weight is 417 g/mol. The number of dihydropyridines is 1. The quantitative estimate of drug-likeness (QED) is 0.310. The molecule has 0 aliphatic carbocycles. The molecule has 1 aromatic rings. The monoisotopic (exact) mass is 417 g/mol. The standard InChI is InChI=1S/C20H23N3O7/c1-11(2)30-20(25)16-12(3)22-15(10-21-29-5)18(19(24)28-4)17(16)13-7-6-8-14(9-13)23(26)27/h6-11,17,22H,1-5H3/b21-10+. The lowest BCUT2D eigenvalue weighted by molar-refractivity contribution is -0.384. The van der Waals surface area contributed by atoms with Gasteiger partial charge in [0.1, 0.15) is 7.11 Å². The Morgan fingerprint density at radius 1 is 1.23 bits per heavy atom. The van der Waals surface area contributed by atoms with Gasteiger partial charge in [0, 0.05) is 17.8 Å². The fourth-order valence-corrected chi connectivity index (χ4v) is 3.10. The number of hydrogen-bond acceptors (Lipinski definition) is 9. The largest absolute Gasteiger partial charge is 0.466 e. The Morgan fingerprint density at radius 3 is 2.50 bits per heavy atom. The molecule has 0 aromatic heterocycles. The molecule has 1 aliphatic rings. The number of hydrogen-bond donors (Lipinski definition) is 1. The van der Waals surface area contributed by atoms with Crippen molar-refractivity contribution in [3.05, 3.63) is 62.5 Å². The normalized spacial score (nSPS) is 16.5. The van der Waals surface area contributed by atoms with Crippen LogP contribution in [0.4, 0.5) is 5.69 Å². The SMILES string of the molecule is CO/N=C/C1=C(C(=O)OC)C(c2cccc([N+](=O)[O-])c2)C(C(=O)OC(C)C)=C(C)N1. The first kappa shape index (κ1) is 22.6. The number of methoxy groups -OCH3 is 1. The number of nitrogens with one attached hydrogen (secondary N) is 1. The first-order valence-electron chi connectivity index (χ1n) is 9.03. The topological polar surface area (TPSA) is 129 Å². The molecule has 10 heteroatoms. The summed E-state index contributed by atoms with van der Waals surface area (Å²) in [6.07, 6.45) is 0.857. The second-order valence-electron chi connectivity index (χ2n) is 6.64. The first-order chi connectivity index (χ1) is 14.2. The summed E-state index contributed by atoms with van der Waals surface area (Å²) in [5.41, 5.74) is 0.987. The van der Waals surface area contributed by atoms with Crippen LogP contribution in [0.2, 0.25) is 0 Å². The lowest BCUT2D eigenvalue weighted by Crippen LogP contribution is -2.34. The number of nitrogens with zero attached hydrogens (tertiary/aromatic N) is 2. The van der Waals surface area contributed by atoms with E-state index in [1.165, 1.54) is 38.6 Å². The molecule has 0 saturated carbocycles. The van der Waals surface area contributed by atoms with Crippen molar-refractivity contribution >= 4 is 23.8 Å². The maximum absolute atomic E-state index is 12.9. The zero-order chi connectivity index (χ0) is 22.4. The molecule has 1 aliphatic heterocycles. The van der Waals surface area contributed by atoms with Gasteiger partial charge >= 0.3 is 11.9 Å². The van der Waals surface area contributed by atoms with Crippen LogP contribution in [0.15, 0.2) is 52.0 Å². The van der Waals surface area contributed by atoms with Crippen LogP contribution in [0.3, 0.4) is 0 Å². The third kappa shape index (κ3) is 4.83. The number of carbonyl (C=O) groups excluding carboxylic acids is 2. The molecule has 2 rings (SSSR count). The molecule has 1 atom stereocenters. The van der Waals surface area contributed by atoms with E-state index < -0.39 is 28.9 Å². The number of esters is 2. The number of ether oxygens (including phenoxy) is 2. The second kappa shape index (κ2) is 9.68. The van der Waals surface area contributed by atoms with Gasteiger partial charge in [0.05, 0.1) is 47.1 Å². The maximum atomic E-state index is 12.9. The highest BCUT2D eigenvalue weighted by Crippen LogP contribution is 2.40. The van der Waals surface area contributed by atoms with E-state index in [0.717, 1.165) is 0 Å². The summed E-state index contributed by atoms with van der Waals surface area (Å²) in [5.74, 6) is -2.38. The molecule has 0 bridgehead atoms. The number of allylic oxidation sites excluding steroid dienone is 2. The van der Waals surface area contributed by atoms with Crippen molar-refractivity contribution in [1.29, 1.82) is 0 Å². The lowest BCUT2D eigenvalue weighted by Gasteiger charge is -2.30. The van der Waals surface area contributed by atoms with Gasteiger partial charge in [-0.25, -0.2) is 9.59 Å². The van der Waals surface area contributed by atoms with Crippen LogP contribution in [0.5, 0.6) is 0 Å². The van der Waals surface area contributed by atoms with E-state index in [2.05, 4.69) is 10.5 Å². The summed E-state index contributed by atoms with van der Waals surface area (Å²) < 4.78 is 10.3. The molecule has 0 spiro atoms. The maximum Gasteiger partial charge on any atom is 0.337 e. The van der Waals surface area contributed by atoms with E-state index >= 15 is 0 Å².